The zero-order chi connectivity index (χ0) is 23.9. The minimum atomic E-state index is 0.331. The summed E-state index contributed by atoms with van der Waals surface area (Å²) >= 11 is 0. The maximum absolute atomic E-state index is 5.68. The number of aromatic nitrogens is 1. The largest absolute Gasteiger partial charge is 0.454 e. The number of fused-ring (bicyclic) bond motifs is 1. The quantitative estimate of drug-likeness (QED) is 0.283. The number of nitrogens with zero attached hydrogens (tertiary/aromatic N) is 2. The first-order valence-electron chi connectivity index (χ1n) is 13.6. The van der Waals surface area contributed by atoms with Gasteiger partial charge < -0.3 is 14.0 Å². The lowest BCUT2D eigenvalue weighted by molar-refractivity contribution is 0.173. The summed E-state index contributed by atoms with van der Waals surface area (Å²) in [6.45, 7) is 6.76. The zero-order valence-electron chi connectivity index (χ0n) is 21.3. The Bertz CT molecular complexity index is 1070. The average Bonchev–Trinajstić information content (AvgIpc) is 3.43. The van der Waals surface area contributed by atoms with Crippen molar-refractivity contribution in [1.82, 2.24) is 9.47 Å². The number of benzene rings is 2. The van der Waals surface area contributed by atoms with Crippen LogP contribution in [0.5, 0.6) is 11.5 Å². The Balaban J connectivity index is 1.40. The molecule has 4 heteroatoms. The van der Waals surface area contributed by atoms with Crippen LogP contribution in [-0.2, 0) is 19.6 Å². The topological polar surface area (TPSA) is 26.6 Å². The predicted molar refractivity (Wildman–Crippen MR) is 143 cm³/mol. The number of rotatable bonds is 10. The first kappa shape index (κ1) is 24.0. The van der Waals surface area contributed by atoms with E-state index in [-0.39, 0.29) is 0 Å². The second kappa shape index (κ2) is 11.8. The zero-order valence-corrected chi connectivity index (χ0v) is 21.3. The highest BCUT2D eigenvalue weighted by atomic mass is 16.7. The van der Waals surface area contributed by atoms with E-state index in [4.69, 9.17) is 9.47 Å². The lowest BCUT2D eigenvalue weighted by Gasteiger charge is -2.28. The molecule has 0 unspecified atom stereocenters. The van der Waals surface area contributed by atoms with Crippen LogP contribution in [0.3, 0.4) is 0 Å². The molecule has 2 heterocycles. The Labute approximate surface area is 210 Å². The lowest BCUT2D eigenvalue weighted by atomic mass is 9.99. The molecule has 0 spiro atoms. The molecule has 0 N–H and O–H groups in total. The Morgan fingerprint density at radius 2 is 1.66 bits per heavy atom. The molecule has 4 nitrogen and oxygen atoms in total. The van der Waals surface area contributed by atoms with E-state index in [0.717, 1.165) is 43.6 Å². The molecule has 186 valence electrons. The highest BCUT2D eigenvalue weighted by Gasteiger charge is 2.21. The van der Waals surface area contributed by atoms with Gasteiger partial charge in [-0.05, 0) is 60.6 Å². The fourth-order valence-corrected chi connectivity index (χ4v) is 5.71. The molecule has 1 saturated carbocycles. The van der Waals surface area contributed by atoms with E-state index in [1.807, 2.05) is 0 Å². The van der Waals surface area contributed by atoms with E-state index < -0.39 is 0 Å². The SMILES string of the molecule is CCCCn1c(CN(Cc2ccc3c(c2)OCO3)CC2CCCCCC2)ccc1-c1ccccc1. The van der Waals surface area contributed by atoms with Crippen molar-refractivity contribution < 1.29 is 9.47 Å². The van der Waals surface area contributed by atoms with Gasteiger partial charge in [0.15, 0.2) is 11.5 Å². The van der Waals surface area contributed by atoms with Crippen molar-refractivity contribution in [2.45, 2.75) is 77.9 Å². The van der Waals surface area contributed by atoms with Gasteiger partial charge in [-0.15, -0.1) is 0 Å². The number of hydrogen-bond donors (Lipinski definition) is 0. The van der Waals surface area contributed by atoms with E-state index in [1.165, 1.54) is 73.9 Å². The van der Waals surface area contributed by atoms with E-state index in [0.29, 0.717) is 6.79 Å². The minimum absolute atomic E-state index is 0.331. The summed E-state index contributed by atoms with van der Waals surface area (Å²) in [4.78, 5) is 2.68. The highest BCUT2D eigenvalue weighted by Crippen LogP contribution is 2.34. The molecular weight excluding hydrogens is 432 g/mol. The molecule has 1 aromatic heterocycles. The fourth-order valence-electron chi connectivity index (χ4n) is 5.71. The molecule has 0 atom stereocenters. The Morgan fingerprint density at radius 3 is 2.46 bits per heavy atom. The molecular formula is C31H40N2O2. The van der Waals surface area contributed by atoms with Crippen molar-refractivity contribution in [2.24, 2.45) is 5.92 Å². The van der Waals surface area contributed by atoms with Gasteiger partial charge in [0.25, 0.3) is 0 Å². The fraction of sp³-hybridized carbons (Fsp3) is 0.484. The molecule has 2 aliphatic rings. The summed E-state index contributed by atoms with van der Waals surface area (Å²) in [5, 5.41) is 0. The molecule has 35 heavy (non-hydrogen) atoms. The second-order valence-corrected chi connectivity index (χ2v) is 10.3. The predicted octanol–water partition coefficient (Wildman–Crippen LogP) is 7.66. The number of hydrogen-bond acceptors (Lipinski definition) is 3. The highest BCUT2D eigenvalue weighted by molar-refractivity contribution is 5.60. The Kier molecular flexibility index (Phi) is 8.10. The van der Waals surface area contributed by atoms with Crippen molar-refractivity contribution >= 4 is 0 Å². The van der Waals surface area contributed by atoms with E-state index >= 15 is 0 Å². The third kappa shape index (κ3) is 6.10. The number of unbranched alkanes of at least 4 members (excludes halogenated alkanes) is 1. The molecule has 0 amide bonds. The normalized spacial score (nSPS) is 16.1. The van der Waals surface area contributed by atoms with Gasteiger partial charge in [0, 0.05) is 37.6 Å². The van der Waals surface area contributed by atoms with Crippen LogP contribution in [-0.4, -0.2) is 22.8 Å². The molecule has 0 bridgehead atoms. The molecule has 5 rings (SSSR count). The van der Waals surface area contributed by atoms with E-state index in [2.05, 4.69) is 77.1 Å². The van der Waals surface area contributed by atoms with Crippen molar-refractivity contribution in [3.8, 4) is 22.8 Å². The van der Waals surface area contributed by atoms with Gasteiger partial charge >= 0.3 is 0 Å². The average molecular weight is 473 g/mol. The van der Waals surface area contributed by atoms with E-state index in [1.54, 1.807) is 0 Å². The van der Waals surface area contributed by atoms with Crippen LogP contribution in [0.1, 0.15) is 69.5 Å². The lowest BCUT2D eigenvalue weighted by Crippen LogP contribution is -2.30. The molecule has 1 aliphatic carbocycles. The molecule has 0 radical (unpaired) electrons. The van der Waals surface area contributed by atoms with Crippen molar-refractivity contribution in [3.05, 3.63) is 71.9 Å². The van der Waals surface area contributed by atoms with Gasteiger partial charge in [-0.25, -0.2) is 0 Å². The van der Waals surface area contributed by atoms with Gasteiger partial charge in [-0.2, -0.15) is 0 Å². The number of ether oxygens (including phenoxy) is 2. The van der Waals surface area contributed by atoms with E-state index in [9.17, 15) is 0 Å². The molecule has 1 aliphatic heterocycles. The maximum atomic E-state index is 5.68. The third-order valence-electron chi connectivity index (χ3n) is 7.60. The summed E-state index contributed by atoms with van der Waals surface area (Å²) in [7, 11) is 0. The minimum Gasteiger partial charge on any atom is -0.454 e. The summed E-state index contributed by atoms with van der Waals surface area (Å²) < 4.78 is 13.8. The van der Waals surface area contributed by atoms with Gasteiger partial charge in [0.05, 0.1) is 0 Å². The van der Waals surface area contributed by atoms with Crippen molar-refractivity contribution in [3.63, 3.8) is 0 Å². The molecule has 2 aromatic carbocycles. The summed E-state index contributed by atoms with van der Waals surface area (Å²) in [5.41, 5.74) is 5.37. The standard InChI is InChI=1S/C31H40N2O2/c1-2-3-19-33-28(16-17-29(33)27-13-9-6-10-14-27)23-32(21-25-11-7-4-5-8-12-25)22-26-15-18-30-31(20-26)35-24-34-30/h6,9-10,13-18,20,25H,2-5,7-8,11-12,19,21-24H2,1H3. The van der Waals surface area contributed by atoms with Gasteiger partial charge in [-0.1, -0.05) is 75.4 Å². The van der Waals surface area contributed by atoms with Gasteiger partial charge in [0.2, 0.25) is 6.79 Å². The van der Waals surface area contributed by atoms with Crippen molar-refractivity contribution in [2.75, 3.05) is 13.3 Å². The molecule has 1 fully saturated rings. The maximum Gasteiger partial charge on any atom is 0.231 e. The van der Waals surface area contributed by atoms with Crippen LogP contribution in [0.4, 0.5) is 0 Å². The first-order valence-corrected chi connectivity index (χ1v) is 13.6. The van der Waals surface area contributed by atoms with Crippen LogP contribution in [0, 0.1) is 5.92 Å². The van der Waals surface area contributed by atoms with Crippen LogP contribution < -0.4 is 9.47 Å². The molecule has 0 saturated heterocycles. The summed E-state index contributed by atoms with van der Waals surface area (Å²) in [6.07, 6.45) is 10.7. The van der Waals surface area contributed by atoms with Gasteiger partial charge in [-0.3, -0.25) is 4.90 Å². The summed E-state index contributed by atoms with van der Waals surface area (Å²) in [5.74, 6) is 2.54. The first-order chi connectivity index (χ1) is 17.3. The monoisotopic (exact) mass is 472 g/mol. The van der Waals surface area contributed by atoms with Gasteiger partial charge in [0.1, 0.15) is 0 Å². The van der Waals surface area contributed by atoms with Crippen LogP contribution in [0.2, 0.25) is 0 Å². The third-order valence-corrected chi connectivity index (χ3v) is 7.60. The smallest absolute Gasteiger partial charge is 0.231 e. The Morgan fingerprint density at radius 1 is 0.857 bits per heavy atom. The van der Waals surface area contributed by atoms with Crippen LogP contribution in [0.15, 0.2) is 60.7 Å². The second-order valence-electron chi connectivity index (χ2n) is 10.3. The molecule has 3 aromatic rings. The Hall–Kier alpha value is -2.72. The van der Waals surface area contributed by atoms with Crippen molar-refractivity contribution in [1.29, 1.82) is 0 Å². The van der Waals surface area contributed by atoms with Crippen LogP contribution in [0.25, 0.3) is 11.3 Å². The summed E-state index contributed by atoms with van der Waals surface area (Å²) in [6, 6.07) is 22.0. The van der Waals surface area contributed by atoms with Crippen LogP contribution >= 0.6 is 0 Å².